The van der Waals surface area contributed by atoms with Crippen LogP contribution in [0.25, 0.3) is 0 Å². The van der Waals surface area contributed by atoms with E-state index < -0.39 is 5.92 Å². The number of hydrogen-bond donors (Lipinski definition) is 0. The van der Waals surface area contributed by atoms with Crippen LogP contribution in [0.1, 0.15) is 64.9 Å². The van der Waals surface area contributed by atoms with E-state index in [0.717, 1.165) is 29.8 Å². The summed E-state index contributed by atoms with van der Waals surface area (Å²) in [7, 11) is 3.56. The first-order chi connectivity index (χ1) is 15.9. The molecule has 0 amide bonds. The van der Waals surface area contributed by atoms with Gasteiger partial charge in [-0.2, -0.15) is 0 Å². The molecular formula is C28H34ClNO4. The molecule has 6 heteroatoms. The molecule has 0 N–H and O–H groups in total. The van der Waals surface area contributed by atoms with Crippen molar-refractivity contribution in [3.05, 3.63) is 57.9 Å². The van der Waals surface area contributed by atoms with Crippen molar-refractivity contribution in [1.29, 1.82) is 0 Å². The van der Waals surface area contributed by atoms with Crippen LogP contribution in [0.4, 0.5) is 0 Å². The van der Waals surface area contributed by atoms with Crippen LogP contribution in [-0.4, -0.2) is 37.2 Å². The summed E-state index contributed by atoms with van der Waals surface area (Å²) in [5.41, 5.74) is 3.95. The summed E-state index contributed by atoms with van der Waals surface area (Å²) >= 11 is 6.66. The van der Waals surface area contributed by atoms with Gasteiger partial charge < -0.3 is 14.4 Å². The minimum Gasteiger partial charge on any atom is -0.493 e. The van der Waals surface area contributed by atoms with Crippen LogP contribution < -0.4 is 9.47 Å². The van der Waals surface area contributed by atoms with Crippen molar-refractivity contribution in [1.82, 2.24) is 4.90 Å². The lowest BCUT2D eigenvalue weighted by Gasteiger charge is -2.48. The number of rotatable bonds is 5. The molecule has 0 atom stereocenters. The summed E-state index contributed by atoms with van der Waals surface area (Å²) in [4.78, 5) is 29.3. The van der Waals surface area contributed by atoms with Gasteiger partial charge in [0.05, 0.1) is 12.1 Å². The third kappa shape index (κ3) is 4.19. The monoisotopic (exact) mass is 483 g/mol. The number of benzene rings is 1. The molecule has 1 aromatic rings. The van der Waals surface area contributed by atoms with Gasteiger partial charge in [0.15, 0.2) is 23.1 Å². The van der Waals surface area contributed by atoms with Gasteiger partial charge >= 0.3 is 0 Å². The minimum absolute atomic E-state index is 0.0920. The Morgan fingerprint density at radius 2 is 1.56 bits per heavy atom. The van der Waals surface area contributed by atoms with Gasteiger partial charge in [-0.05, 0) is 41.4 Å². The smallest absolute Gasteiger partial charge is 0.180 e. The third-order valence-electron chi connectivity index (χ3n) is 7.11. The highest BCUT2D eigenvalue weighted by Crippen LogP contribution is 2.55. The van der Waals surface area contributed by atoms with Crippen molar-refractivity contribution >= 4 is 23.2 Å². The van der Waals surface area contributed by atoms with Crippen LogP contribution in [0.5, 0.6) is 11.5 Å². The first-order valence-electron chi connectivity index (χ1n) is 11.8. The Hall–Kier alpha value is -2.53. The Morgan fingerprint density at radius 3 is 2.03 bits per heavy atom. The van der Waals surface area contributed by atoms with E-state index in [-0.39, 0.29) is 29.0 Å². The van der Waals surface area contributed by atoms with Crippen LogP contribution in [0.3, 0.4) is 0 Å². The highest BCUT2D eigenvalue weighted by atomic mass is 35.5. The molecule has 0 saturated carbocycles. The van der Waals surface area contributed by atoms with E-state index in [1.807, 2.05) is 19.2 Å². The van der Waals surface area contributed by atoms with E-state index >= 15 is 0 Å². The maximum atomic E-state index is 13.6. The van der Waals surface area contributed by atoms with Gasteiger partial charge in [-0.15, -0.1) is 0 Å². The van der Waals surface area contributed by atoms with E-state index in [1.54, 1.807) is 13.2 Å². The zero-order chi connectivity index (χ0) is 25.0. The summed E-state index contributed by atoms with van der Waals surface area (Å²) in [5.74, 6) is 0.619. The zero-order valence-corrected chi connectivity index (χ0v) is 21.8. The predicted octanol–water partition coefficient (Wildman–Crippen LogP) is 6.23. The number of ether oxygens (including phenoxy) is 2. The summed E-state index contributed by atoms with van der Waals surface area (Å²) in [5, 5.41) is 0.381. The fourth-order valence-electron chi connectivity index (χ4n) is 5.69. The molecule has 0 unspecified atom stereocenters. The van der Waals surface area contributed by atoms with Gasteiger partial charge in [0, 0.05) is 48.3 Å². The molecule has 1 aromatic carbocycles. The summed E-state index contributed by atoms with van der Waals surface area (Å²) < 4.78 is 11.3. The normalized spacial score (nSPS) is 21.9. The van der Waals surface area contributed by atoms with Crippen molar-refractivity contribution in [2.45, 2.75) is 59.3 Å². The number of methoxy groups -OCH3 is 1. The van der Waals surface area contributed by atoms with Gasteiger partial charge in [0.25, 0.3) is 0 Å². The summed E-state index contributed by atoms with van der Waals surface area (Å²) in [6.07, 6.45) is 4.09. The SMILES string of the molecule is C=CCOc1c(Cl)cc(C2C3=C(CC(C)(C)CC3=O)N(C)C3=C2C(=O)CC(C)(C)C3)cc1OC. The van der Waals surface area contributed by atoms with Crippen LogP contribution >= 0.6 is 11.6 Å². The Kier molecular flexibility index (Phi) is 6.22. The molecule has 3 aliphatic rings. The second-order valence-corrected chi connectivity index (χ2v) is 11.6. The van der Waals surface area contributed by atoms with Crippen LogP contribution in [0, 0.1) is 10.8 Å². The highest BCUT2D eigenvalue weighted by molar-refractivity contribution is 6.32. The van der Waals surface area contributed by atoms with Gasteiger partial charge in [-0.25, -0.2) is 0 Å². The molecule has 0 spiro atoms. The number of hydrogen-bond acceptors (Lipinski definition) is 5. The Morgan fingerprint density at radius 1 is 1.03 bits per heavy atom. The second kappa shape index (κ2) is 8.60. The first-order valence-corrected chi connectivity index (χ1v) is 12.1. The molecule has 0 radical (unpaired) electrons. The lowest BCUT2D eigenvalue weighted by Crippen LogP contribution is -2.43. The number of halogens is 1. The topological polar surface area (TPSA) is 55.8 Å². The molecular weight excluding hydrogens is 450 g/mol. The first kappa shape index (κ1) is 24.6. The van der Waals surface area contributed by atoms with Crippen LogP contribution in [0.2, 0.25) is 5.02 Å². The van der Waals surface area contributed by atoms with E-state index in [1.165, 1.54) is 0 Å². The Balaban J connectivity index is 1.96. The Labute approximate surface area is 207 Å². The standard InChI is InChI=1S/C28H34ClNO4/c1-8-9-34-26-17(29)10-16(11-22(26)33-7)23-24-18(12-27(2,3)14-20(24)31)30(6)19-13-28(4,5)15-21(32)25(19)23/h8,10-11,23H,1,9,12-15H2,2-7H3. The number of allylic oxidation sites excluding steroid dienone is 4. The molecule has 34 heavy (non-hydrogen) atoms. The molecule has 0 aromatic heterocycles. The van der Waals surface area contributed by atoms with Crippen LogP contribution in [-0.2, 0) is 9.59 Å². The number of carbonyl (C=O) groups is 2. The van der Waals surface area contributed by atoms with E-state index in [4.69, 9.17) is 21.1 Å². The molecule has 0 saturated heterocycles. The van der Waals surface area contributed by atoms with Gasteiger partial charge in [-0.3, -0.25) is 9.59 Å². The van der Waals surface area contributed by atoms with Crippen LogP contribution in [0.15, 0.2) is 47.3 Å². The second-order valence-electron chi connectivity index (χ2n) is 11.2. The highest BCUT2D eigenvalue weighted by Gasteiger charge is 2.48. The number of Topliss-reactive ketones (excluding diaryl/α,β-unsaturated/α-hetero) is 2. The zero-order valence-electron chi connectivity index (χ0n) is 21.0. The quantitative estimate of drug-likeness (QED) is 0.465. The van der Waals surface area contributed by atoms with Crippen molar-refractivity contribution in [2.24, 2.45) is 10.8 Å². The number of nitrogens with zero attached hydrogens (tertiary/aromatic N) is 1. The van der Waals surface area contributed by atoms with Crippen molar-refractivity contribution < 1.29 is 19.1 Å². The molecule has 4 rings (SSSR count). The average Bonchev–Trinajstić information content (AvgIpc) is 2.72. The molecule has 1 heterocycles. The molecule has 1 aliphatic heterocycles. The number of ketones is 2. The van der Waals surface area contributed by atoms with Gasteiger partial charge in [0.2, 0.25) is 0 Å². The summed E-state index contributed by atoms with van der Waals surface area (Å²) in [6.45, 7) is 12.5. The van der Waals surface area contributed by atoms with Gasteiger partial charge in [0.1, 0.15) is 6.61 Å². The molecule has 182 valence electrons. The predicted molar refractivity (Wildman–Crippen MR) is 134 cm³/mol. The third-order valence-corrected chi connectivity index (χ3v) is 7.39. The van der Waals surface area contributed by atoms with E-state index in [9.17, 15) is 9.59 Å². The largest absolute Gasteiger partial charge is 0.493 e. The molecule has 0 fully saturated rings. The molecule has 5 nitrogen and oxygen atoms in total. The van der Waals surface area contributed by atoms with E-state index in [2.05, 4.69) is 39.2 Å². The maximum Gasteiger partial charge on any atom is 0.180 e. The molecule has 0 bridgehead atoms. The Bertz CT molecular complexity index is 1090. The lowest BCUT2D eigenvalue weighted by atomic mass is 9.63. The van der Waals surface area contributed by atoms with Crippen molar-refractivity contribution in [3.63, 3.8) is 0 Å². The minimum atomic E-state index is -0.465. The van der Waals surface area contributed by atoms with Gasteiger partial charge in [-0.1, -0.05) is 52.0 Å². The van der Waals surface area contributed by atoms with Crippen molar-refractivity contribution in [2.75, 3.05) is 20.8 Å². The molecule has 2 aliphatic carbocycles. The lowest BCUT2D eigenvalue weighted by molar-refractivity contribution is -0.119. The van der Waals surface area contributed by atoms with Crippen molar-refractivity contribution in [3.8, 4) is 11.5 Å². The fourth-order valence-corrected chi connectivity index (χ4v) is 5.96. The summed E-state index contributed by atoms with van der Waals surface area (Å²) in [6, 6.07) is 3.67. The maximum absolute atomic E-state index is 13.6. The van der Waals surface area contributed by atoms with E-state index in [0.29, 0.717) is 40.5 Å². The average molecular weight is 484 g/mol. The number of carbonyl (C=O) groups excluding carboxylic acids is 2. The fraction of sp³-hybridized carbons (Fsp3) is 0.500.